The Hall–Kier alpha value is -3.65. The van der Waals surface area contributed by atoms with Gasteiger partial charge in [0.15, 0.2) is 11.5 Å². The number of carbonyl (C=O) groups is 1. The molecule has 0 unspecified atom stereocenters. The molecule has 2 N–H and O–H groups in total. The minimum Gasteiger partial charge on any atom is -0.496 e. The van der Waals surface area contributed by atoms with Crippen LogP contribution >= 0.6 is 0 Å². The Balaban J connectivity index is 1.58. The standard InChI is InChI=1S/C27H31NO7/c1-17-23(32-2)12-19(13-24(17)33-3)27(31)20(14-26-34-21-6-4-5-7-22(21)35-26)16-28-11-10-18(15-28)8-9-25(29)30/h4-7,10-13,15,20,26-27,31H,8-9,14,16H2,1-3H3,(H,29,30)/t20-,27-/m1/s1. The average Bonchev–Trinajstić information content (AvgIpc) is 3.48. The Labute approximate surface area is 204 Å². The van der Waals surface area contributed by atoms with Gasteiger partial charge in [-0.15, -0.1) is 0 Å². The van der Waals surface area contributed by atoms with Crippen LogP contribution in [-0.4, -0.2) is 41.3 Å². The second-order valence-corrected chi connectivity index (χ2v) is 8.71. The molecule has 1 aliphatic heterocycles. The topological polar surface area (TPSA) is 99.4 Å². The highest BCUT2D eigenvalue weighted by atomic mass is 16.7. The lowest BCUT2D eigenvalue weighted by atomic mass is 9.91. The first-order chi connectivity index (χ1) is 16.9. The van der Waals surface area contributed by atoms with Crippen molar-refractivity contribution in [3.63, 3.8) is 0 Å². The minimum absolute atomic E-state index is 0.0705. The normalized spacial score (nSPS) is 14.5. The van der Waals surface area contributed by atoms with Gasteiger partial charge in [-0.05, 0) is 54.8 Å². The quantitative estimate of drug-likeness (QED) is 0.420. The SMILES string of the molecule is COc1cc([C@@H](O)[C@H](CC2Oc3ccccc3O2)Cn2ccc(CCC(=O)O)c2)cc(OC)c1C. The van der Waals surface area contributed by atoms with E-state index < -0.39 is 18.4 Å². The van der Waals surface area contributed by atoms with Crippen molar-refractivity contribution >= 4 is 5.97 Å². The van der Waals surface area contributed by atoms with E-state index in [0.29, 0.717) is 47.9 Å². The first-order valence-electron chi connectivity index (χ1n) is 11.6. The van der Waals surface area contributed by atoms with Crippen LogP contribution in [0, 0.1) is 12.8 Å². The smallest absolute Gasteiger partial charge is 0.303 e. The summed E-state index contributed by atoms with van der Waals surface area (Å²) in [6, 6.07) is 13.1. The van der Waals surface area contributed by atoms with Crippen LogP contribution in [0.3, 0.4) is 0 Å². The third kappa shape index (κ3) is 5.71. The number of para-hydroxylation sites is 2. The van der Waals surface area contributed by atoms with Crippen molar-refractivity contribution in [1.29, 1.82) is 0 Å². The van der Waals surface area contributed by atoms with Crippen molar-refractivity contribution in [1.82, 2.24) is 4.57 Å². The number of hydrogen-bond acceptors (Lipinski definition) is 6. The van der Waals surface area contributed by atoms with E-state index in [2.05, 4.69) is 0 Å². The average molecular weight is 482 g/mol. The summed E-state index contributed by atoms with van der Waals surface area (Å²) in [5.74, 6) is 1.52. The van der Waals surface area contributed by atoms with Crippen LogP contribution in [-0.2, 0) is 17.8 Å². The van der Waals surface area contributed by atoms with Gasteiger partial charge in [0, 0.05) is 43.3 Å². The molecule has 3 aromatic rings. The summed E-state index contributed by atoms with van der Waals surface area (Å²) >= 11 is 0. The van der Waals surface area contributed by atoms with Gasteiger partial charge in [0.05, 0.1) is 20.3 Å². The fourth-order valence-corrected chi connectivity index (χ4v) is 4.42. The second-order valence-electron chi connectivity index (χ2n) is 8.71. The second kappa shape index (κ2) is 10.7. The van der Waals surface area contributed by atoms with E-state index in [9.17, 15) is 9.90 Å². The van der Waals surface area contributed by atoms with Crippen LogP contribution in [0.2, 0.25) is 0 Å². The molecule has 0 radical (unpaired) electrons. The lowest BCUT2D eigenvalue weighted by molar-refractivity contribution is -0.136. The molecule has 4 rings (SSSR count). The number of fused-ring (bicyclic) bond motifs is 1. The van der Waals surface area contributed by atoms with Crippen molar-refractivity contribution in [3.8, 4) is 23.0 Å². The fraction of sp³-hybridized carbons (Fsp3) is 0.370. The van der Waals surface area contributed by atoms with Crippen molar-refractivity contribution in [2.24, 2.45) is 5.92 Å². The number of benzene rings is 2. The highest BCUT2D eigenvalue weighted by Crippen LogP contribution is 2.39. The van der Waals surface area contributed by atoms with Gasteiger partial charge < -0.3 is 33.7 Å². The number of nitrogens with zero attached hydrogens (tertiary/aromatic N) is 1. The van der Waals surface area contributed by atoms with Gasteiger partial charge in [-0.1, -0.05) is 12.1 Å². The summed E-state index contributed by atoms with van der Waals surface area (Å²) in [5, 5.41) is 20.5. The molecule has 0 saturated carbocycles. The first kappa shape index (κ1) is 24.5. The number of aromatic nitrogens is 1. The largest absolute Gasteiger partial charge is 0.496 e. The molecule has 2 aromatic carbocycles. The van der Waals surface area contributed by atoms with E-state index in [4.69, 9.17) is 24.1 Å². The summed E-state index contributed by atoms with van der Waals surface area (Å²) in [6.07, 6.45) is 3.37. The number of ether oxygens (including phenoxy) is 4. The maximum Gasteiger partial charge on any atom is 0.303 e. The minimum atomic E-state index is -0.862. The van der Waals surface area contributed by atoms with Crippen LogP contribution in [0.15, 0.2) is 54.9 Å². The molecule has 0 aliphatic carbocycles. The zero-order chi connectivity index (χ0) is 24.9. The van der Waals surface area contributed by atoms with Crippen molar-refractivity contribution in [2.45, 2.75) is 45.1 Å². The van der Waals surface area contributed by atoms with E-state index in [1.165, 1.54) is 0 Å². The molecular weight excluding hydrogens is 450 g/mol. The molecule has 0 fully saturated rings. The highest BCUT2D eigenvalue weighted by molar-refractivity contribution is 5.67. The molecule has 2 atom stereocenters. The van der Waals surface area contributed by atoms with E-state index in [1.807, 2.05) is 66.3 Å². The zero-order valence-electron chi connectivity index (χ0n) is 20.1. The summed E-state index contributed by atoms with van der Waals surface area (Å²) in [5.41, 5.74) is 2.46. The van der Waals surface area contributed by atoms with Crippen molar-refractivity contribution in [3.05, 3.63) is 71.5 Å². The van der Waals surface area contributed by atoms with Crippen molar-refractivity contribution < 1.29 is 34.0 Å². The Morgan fingerprint density at radius 1 is 1.09 bits per heavy atom. The van der Waals surface area contributed by atoms with Crippen molar-refractivity contribution in [2.75, 3.05) is 14.2 Å². The molecule has 1 aromatic heterocycles. The zero-order valence-corrected chi connectivity index (χ0v) is 20.1. The molecular formula is C27H31NO7. The summed E-state index contributed by atoms with van der Waals surface area (Å²) < 4.78 is 24.9. The molecule has 186 valence electrons. The van der Waals surface area contributed by atoms with Gasteiger partial charge in [0.1, 0.15) is 11.5 Å². The van der Waals surface area contributed by atoms with Gasteiger partial charge in [-0.25, -0.2) is 0 Å². The van der Waals surface area contributed by atoms with Gasteiger partial charge in [-0.2, -0.15) is 0 Å². The number of aliphatic hydroxyl groups excluding tert-OH is 1. The molecule has 0 bridgehead atoms. The highest BCUT2D eigenvalue weighted by Gasteiger charge is 2.32. The Bertz CT molecular complexity index is 1120. The number of aliphatic hydroxyl groups is 1. The predicted octanol–water partition coefficient (Wildman–Crippen LogP) is 4.37. The van der Waals surface area contributed by atoms with Crippen LogP contribution < -0.4 is 18.9 Å². The summed E-state index contributed by atoms with van der Waals surface area (Å²) in [6.45, 7) is 2.38. The third-order valence-corrected chi connectivity index (χ3v) is 6.31. The van der Waals surface area contributed by atoms with E-state index in [-0.39, 0.29) is 12.3 Å². The van der Waals surface area contributed by atoms with Gasteiger partial charge in [0.2, 0.25) is 6.29 Å². The molecule has 35 heavy (non-hydrogen) atoms. The number of carboxylic acids is 1. The molecule has 2 heterocycles. The number of aryl methyl sites for hydroxylation is 1. The van der Waals surface area contributed by atoms with Crippen LogP contribution in [0.4, 0.5) is 0 Å². The number of hydrogen-bond donors (Lipinski definition) is 2. The van der Waals surface area contributed by atoms with E-state index in [1.54, 1.807) is 14.2 Å². The number of methoxy groups -OCH3 is 2. The monoisotopic (exact) mass is 481 g/mol. The van der Waals surface area contributed by atoms with Gasteiger partial charge >= 0.3 is 5.97 Å². The predicted molar refractivity (Wildman–Crippen MR) is 129 cm³/mol. The molecule has 8 heteroatoms. The molecule has 0 spiro atoms. The Morgan fingerprint density at radius 3 is 2.29 bits per heavy atom. The van der Waals surface area contributed by atoms with Crippen LogP contribution in [0.25, 0.3) is 0 Å². The lowest BCUT2D eigenvalue weighted by Gasteiger charge is -2.27. The number of aliphatic carboxylic acids is 1. The number of carboxylic acid groups (broad SMARTS) is 1. The molecule has 0 amide bonds. The Kier molecular flexibility index (Phi) is 7.51. The molecule has 8 nitrogen and oxygen atoms in total. The van der Waals surface area contributed by atoms with E-state index in [0.717, 1.165) is 11.1 Å². The van der Waals surface area contributed by atoms with Gasteiger partial charge in [-0.3, -0.25) is 4.79 Å². The third-order valence-electron chi connectivity index (χ3n) is 6.31. The summed E-state index contributed by atoms with van der Waals surface area (Å²) in [7, 11) is 3.18. The molecule has 0 saturated heterocycles. The number of rotatable bonds is 11. The van der Waals surface area contributed by atoms with E-state index >= 15 is 0 Å². The maximum atomic E-state index is 11.5. The Morgan fingerprint density at radius 2 is 1.71 bits per heavy atom. The molecule has 1 aliphatic rings. The van der Waals surface area contributed by atoms with Crippen LogP contribution in [0.1, 0.15) is 35.6 Å². The van der Waals surface area contributed by atoms with Crippen LogP contribution in [0.5, 0.6) is 23.0 Å². The first-order valence-corrected chi connectivity index (χ1v) is 11.6. The fourth-order valence-electron chi connectivity index (χ4n) is 4.42. The lowest BCUT2D eigenvalue weighted by Crippen LogP contribution is -2.28. The summed E-state index contributed by atoms with van der Waals surface area (Å²) in [4.78, 5) is 10.9. The maximum absolute atomic E-state index is 11.5. The van der Waals surface area contributed by atoms with Gasteiger partial charge in [0.25, 0.3) is 0 Å².